The summed E-state index contributed by atoms with van der Waals surface area (Å²) < 4.78 is 0. The van der Waals surface area contributed by atoms with Gasteiger partial charge in [0.25, 0.3) is 0 Å². The van der Waals surface area contributed by atoms with Crippen molar-refractivity contribution >= 4 is 29.1 Å². The number of carbonyl (C=O) groups excluding carboxylic acids is 1. The zero-order valence-electron chi connectivity index (χ0n) is 12.7. The molecule has 3 rings (SSSR count). The second-order valence-corrected chi connectivity index (χ2v) is 7.22. The van der Waals surface area contributed by atoms with Crippen LogP contribution in [-0.4, -0.2) is 37.0 Å². The number of likely N-dealkylation sites (tertiary alicyclic amines) is 1. The third-order valence-corrected chi connectivity index (χ3v) is 5.58. The van der Waals surface area contributed by atoms with Crippen molar-refractivity contribution in [3.05, 3.63) is 33.8 Å². The highest BCUT2D eigenvalue weighted by atomic mass is 35.5. The predicted molar refractivity (Wildman–Crippen MR) is 90.4 cm³/mol. The van der Waals surface area contributed by atoms with Gasteiger partial charge in [-0.25, -0.2) is 0 Å². The minimum atomic E-state index is 0.249. The molecule has 2 aliphatic heterocycles. The summed E-state index contributed by atoms with van der Waals surface area (Å²) in [5, 5.41) is 4.75. The molecule has 2 saturated heterocycles. The second kappa shape index (κ2) is 7.20. The van der Waals surface area contributed by atoms with Gasteiger partial charge in [-0.15, -0.1) is 0 Å². The van der Waals surface area contributed by atoms with Crippen LogP contribution < -0.4 is 5.32 Å². The van der Waals surface area contributed by atoms with Crippen LogP contribution in [-0.2, 0) is 11.2 Å². The number of nitrogens with one attached hydrogen (secondary N) is 1. The molecular formula is C17H22Cl2N2O. The van der Waals surface area contributed by atoms with Gasteiger partial charge in [0, 0.05) is 29.6 Å². The highest BCUT2D eigenvalue weighted by Crippen LogP contribution is 2.28. The van der Waals surface area contributed by atoms with Gasteiger partial charge in [0.2, 0.25) is 5.91 Å². The van der Waals surface area contributed by atoms with Crippen molar-refractivity contribution in [1.82, 2.24) is 10.2 Å². The van der Waals surface area contributed by atoms with Crippen LogP contribution >= 0.6 is 23.2 Å². The highest BCUT2D eigenvalue weighted by Gasteiger charge is 2.31. The maximum absolute atomic E-state index is 12.5. The van der Waals surface area contributed by atoms with E-state index < -0.39 is 0 Å². The number of fused-ring (bicyclic) bond motifs is 1. The number of amides is 1. The maximum Gasteiger partial charge on any atom is 0.222 e. The minimum absolute atomic E-state index is 0.249. The number of hydrogen-bond donors (Lipinski definition) is 1. The minimum Gasteiger partial charge on any atom is -0.343 e. The smallest absolute Gasteiger partial charge is 0.222 e. The Kier molecular flexibility index (Phi) is 5.27. The standard InChI is InChI=1S/C17H22Cl2N2O/c18-15-3-1-12(16(19)9-15)2-4-17(22)21-7-5-13-10-20-11-14(13)6-8-21/h1,3,9,13-14,20H,2,4-8,10-11H2/t13-,14+. The van der Waals surface area contributed by atoms with Crippen LogP contribution in [0.15, 0.2) is 18.2 Å². The number of aryl methyl sites for hydroxylation is 1. The summed E-state index contributed by atoms with van der Waals surface area (Å²) in [5.41, 5.74) is 0.996. The molecule has 1 aromatic carbocycles. The maximum atomic E-state index is 12.5. The molecule has 0 radical (unpaired) electrons. The highest BCUT2D eigenvalue weighted by molar-refractivity contribution is 6.35. The van der Waals surface area contributed by atoms with Gasteiger partial charge in [0.15, 0.2) is 0 Å². The van der Waals surface area contributed by atoms with E-state index in [0.717, 1.165) is 56.4 Å². The van der Waals surface area contributed by atoms with Crippen LogP contribution in [0.3, 0.4) is 0 Å². The first kappa shape index (κ1) is 16.1. The SMILES string of the molecule is O=C(CCc1ccc(Cl)cc1Cl)N1CC[C@@H]2CNC[C@@H]2CC1. The second-order valence-electron chi connectivity index (χ2n) is 6.37. The first-order valence-electron chi connectivity index (χ1n) is 8.06. The van der Waals surface area contributed by atoms with E-state index in [1.807, 2.05) is 17.0 Å². The molecular weight excluding hydrogens is 319 g/mol. The van der Waals surface area contributed by atoms with Crippen molar-refractivity contribution in [2.24, 2.45) is 11.8 Å². The van der Waals surface area contributed by atoms with Gasteiger partial charge < -0.3 is 10.2 Å². The first-order chi connectivity index (χ1) is 10.6. The molecule has 1 N–H and O–H groups in total. The fourth-order valence-electron chi connectivity index (χ4n) is 3.59. The lowest BCUT2D eigenvalue weighted by molar-refractivity contribution is -0.131. The molecule has 0 saturated carbocycles. The number of halogens is 2. The van der Waals surface area contributed by atoms with E-state index in [1.54, 1.807) is 6.07 Å². The van der Waals surface area contributed by atoms with Crippen LogP contribution in [0, 0.1) is 11.8 Å². The molecule has 2 heterocycles. The third-order valence-electron chi connectivity index (χ3n) is 5.00. The quantitative estimate of drug-likeness (QED) is 0.914. The lowest BCUT2D eigenvalue weighted by Gasteiger charge is -2.21. The van der Waals surface area contributed by atoms with Crippen molar-refractivity contribution in [3.8, 4) is 0 Å². The van der Waals surface area contributed by atoms with Gasteiger partial charge in [-0.3, -0.25) is 4.79 Å². The molecule has 2 fully saturated rings. The zero-order chi connectivity index (χ0) is 15.5. The molecule has 1 amide bonds. The van der Waals surface area contributed by atoms with Gasteiger partial charge >= 0.3 is 0 Å². The Morgan fingerprint density at radius 2 is 1.86 bits per heavy atom. The summed E-state index contributed by atoms with van der Waals surface area (Å²) in [4.78, 5) is 14.5. The van der Waals surface area contributed by atoms with Gasteiger partial charge in [0.05, 0.1) is 0 Å². The van der Waals surface area contributed by atoms with E-state index in [0.29, 0.717) is 22.9 Å². The van der Waals surface area contributed by atoms with Crippen LogP contribution in [0.1, 0.15) is 24.8 Å². The fraction of sp³-hybridized carbons (Fsp3) is 0.588. The van der Waals surface area contributed by atoms with Gasteiger partial charge in [-0.2, -0.15) is 0 Å². The number of benzene rings is 1. The van der Waals surface area contributed by atoms with Crippen molar-refractivity contribution in [2.75, 3.05) is 26.2 Å². The van der Waals surface area contributed by atoms with Crippen molar-refractivity contribution in [1.29, 1.82) is 0 Å². The average Bonchev–Trinajstić information content (AvgIpc) is 2.85. The Labute approximate surface area is 142 Å². The van der Waals surface area contributed by atoms with Crippen LogP contribution in [0.25, 0.3) is 0 Å². The summed E-state index contributed by atoms with van der Waals surface area (Å²) in [5.74, 6) is 1.76. The summed E-state index contributed by atoms with van der Waals surface area (Å²) in [7, 11) is 0. The summed E-state index contributed by atoms with van der Waals surface area (Å²) in [6, 6.07) is 5.48. The number of hydrogen-bond acceptors (Lipinski definition) is 2. The van der Waals surface area contributed by atoms with Crippen LogP contribution in [0.4, 0.5) is 0 Å². The third kappa shape index (κ3) is 3.76. The monoisotopic (exact) mass is 340 g/mol. The normalized spacial score (nSPS) is 24.9. The number of carbonyl (C=O) groups is 1. The van der Waals surface area contributed by atoms with E-state index in [2.05, 4.69) is 5.32 Å². The van der Waals surface area contributed by atoms with E-state index in [4.69, 9.17) is 23.2 Å². The Morgan fingerprint density at radius 1 is 1.18 bits per heavy atom. The Hall–Kier alpha value is -0.770. The van der Waals surface area contributed by atoms with Crippen molar-refractivity contribution < 1.29 is 4.79 Å². The fourth-order valence-corrected chi connectivity index (χ4v) is 4.09. The summed E-state index contributed by atoms with van der Waals surface area (Å²) >= 11 is 12.1. The predicted octanol–water partition coefficient (Wildman–Crippen LogP) is 3.38. The molecule has 22 heavy (non-hydrogen) atoms. The van der Waals surface area contributed by atoms with Crippen LogP contribution in [0.2, 0.25) is 10.0 Å². The van der Waals surface area contributed by atoms with E-state index in [1.165, 1.54) is 0 Å². The Balaban J connectivity index is 1.53. The van der Waals surface area contributed by atoms with Gasteiger partial charge in [-0.05, 0) is 61.9 Å². The van der Waals surface area contributed by atoms with Gasteiger partial charge in [0.1, 0.15) is 0 Å². The summed E-state index contributed by atoms with van der Waals surface area (Å²) in [6.07, 6.45) is 3.46. The molecule has 3 nitrogen and oxygen atoms in total. The Morgan fingerprint density at radius 3 is 2.50 bits per heavy atom. The first-order valence-corrected chi connectivity index (χ1v) is 8.81. The van der Waals surface area contributed by atoms with Gasteiger partial charge in [-0.1, -0.05) is 29.3 Å². The van der Waals surface area contributed by atoms with E-state index >= 15 is 0 Å². The topological polar surface area (TPSA) is 32.3 Å². The lowest BCUT2D eigenvalue weighted by atomic mass is 9.92. The molecule has 5 heteroatoms. The van der Waals surface area contributed by atoms with Crippen LogP contribution in [0.5, 0.6) is 0 Å². The molecule has 0 bridgehead atoms. The Bertz CT molecular complexity index is 535. The number of rotatable bonds is 3. The largest absolute Gasteiger partial charge is 0.343 e. The molecule has 0 unspecified atom stereocenters. The molecule has 2 aliphatic rings. The van der Waals surface area contributed by atoms with Crippen molar-refractivity contribution in [3.63, 3.8) is 0 Å². The molecule has 0 spiro atoms. The molecule has 0 aliphatic carbocycles. The number of nitrogens with zero attached hydrogens (tertiary/aromatic N) is 1. The van der Waals surface area contributed by atoms with E-state index in [9.17, 15) is 4.79 Å². The van der Waals surface area contributed by atoms with E-state index in [-0.39, 0.29) is 5.91 Å². The average molecular weight is 341 g/mol. The zero-order valence-corrected chi connectivity index (χ0v) is 14.2. The lowest BCUT2D eigenvalue weighted by Crippen LogP contribution is -2.32. The molecule has 120 valence electrons. The molecule has 0 aromatic heterocycles. The molecule has 2 atom stereocenters. The summed E-state index contributed by atoms with van der Waals surface area (Å²) in [6.45, 7) is 4.03. The molecule has 1 aromatic rings. The van der Waals surface area contributed by atoms with Crippen molar-refractivity contribution in [2.45, 2.75) is 25.7 Å².